The Morgan fingerprint density at radius 3 is 2.32 bits per heavy atom. The first-order chi connectivity index (χ1) is 13.3. The molecule has 2 aliphatic heterocycles. The van der Waals surface area contributed by atoms with E-state index in [1.807, 2.05) is 60.9 Å². The normalized spacial score (nSPS) is 22.7. The molecule has 1 N–H and O–H groups in total. The number of hydrogen-bond donors (Lipinski definition) is 1. The smallest absolute Gasteiger partial charge is 0.321 e. The Balaban J connectivity index is 1.82. The zero-order chi connectivity index (χ0) is 20.3. The van der Waals surface area contributed by atoms with Crippen LogP contribution in [-0.4, -0.2) is 71.8 Å². The van der Waals surface area contributed by atoms with Gasteiger partial charge in [-0.2, -0.15) is 0 Å². The predicted octanol–water partition coefficient (Wildman–Crippen LogP) is 2.26. The van der Waals surface area contributed by atoms with E-state index in [9.17, 15) is 14.4 Å². The van der Waals surface area contributed by atoms with Crippen molar-refractivity contribution in [2.75, 3.05) is 44.6 Å². The molecule has 2 saturated heterocycles. The summed E-state index contributed by atoms with van der Waals surface area (Å²) in [5, 5.41) is 2.93. The molecule has 7 nitrogen and oxygen atoms in total. The van der Waals surface area contributed by atoms with Gasteiger partial charge in [0.15, 0.2) is 0 Å². The molecule has 152 valence electrons. The molecule has 2 fully saturated rings. The van der Waals surface area contributed by atoms with Crippen LogP contribution in [0.15, 0.2) is 30.3 Å². The molecule has 2 heterocycles. The van der Waals surface area contributed by atoms with Crippen molar-refractivity contribution in [3.05, 3.63) is 30.3 Å². The zero-order valence-electron chi connectivity index (χ0n) is 17.0. The number of para-hydroxylation sites is 1. The minimum Gasteiger partial charge on any atom is -0.342 e. The molecule has 1 spiro atoms. The largest absolute Gasteiger partial charge is 0.342 e. The van der Waals surface area contributed by atoms with Crippen LogP contribution in [0.5, 0.6) is 0 Å². The Bertz CT molecular complexity index is 736. The second-order valence-corrected chi connectivity index (χ2v) is 8.22. The van der Waals surface area contributed by atoms with Crippen molar-refractivity contribution in [1.29, 1.82) is 0 Å². The Hall–Kier alpha value is -2.57. The van der Waals surface area contributed by atoms with Crippen LogP contribution in [0.4, 0.5) is 10.5 Å². The number of hydrogen-bond acceptors (Lipinski definition) is 3. The van der Waals surface area contributed by atoms with Gasteiger partial charge < -0.3 is 20.0 Å². The van der Waals surface area contributed by atoms with E-state index in [1.54, 1.807) is 4.90 Å². The minimum absolute atomic E-state index is 0.0760. The molecule has 1 atom stereocenters. The summed E-state index contributed by atoms with van der Waals surface area (Å²) in [6, 6.07) is 9.15. The number of likely N-dealkylation sites (tertiary alicyclic amines) is 1. The maximum atomic E-state index is 12.9. The molecule has 1 unspecified atom stereocenters. The first-order valence-corrected chi connectivity index (χ1v) is 10.0. The number of anilines is 1. The molecule has 1 aromatic rings. The van der Waals surface area contributed by atoms with Crippen molar-refractivity contribution in [1.82, 2.24) is 14.7 Å². The summed E-state index contributed by atoms with van der Waals surface area (Å²) in [6.07, 6.45) is 0.373. The highest BCUT2D eigenvalue weighted by molar-refractivity contribution is 5.89. The number of benzene rings is 1. The van der Waals surface area contributed by atoms with Gasteiger partial charge in [0.1, 0.15) is 0 Å². The summed E-state index contributed by atoms with van der Waals surface area (Å²) >= 11 is 0. The van der Waals surface area contributed by atoms with Gasteiger partial charge in [-0.25, -0.2) is 4.79 Å². The second kappa shape index (κ2) is 8.20. The van der Waals surface area contributed by atoms with Gasteiger partial charge in [-0.1, -0.05) is 32.0 Å². The van der Waals surface area contributed by atoms with Crippen LogP contribution in [0, 0.1) is 11.3 Å². The number of nitrogens with zero attached hydrogens (tertiary/aromatic N) is 3. The van der Waals surface area contributed by atoms with Crippen LogP contribution < -0.4 is 5.32 Å². The molecule has 0 aromatic heterocycles. The van der Waals surface area contributed by atoms with E-state index in [4.69, 9.17) is 0 Å². The molecule has 0 radical (unpaired) electrons. The van der Waals surface area contributed by atoms with Crippen molar-refractivity contribution < 1.29 is 14.4 Å². The average Bonchev–Trinajstić information content (AvgIpc) is 2.86. The molecule has 4 amide bonds. The molecule has 1 aromatic carbocycles. The van der Waals surface area contributed by atoms with Crippen molar-refractivity contribution in [3.63, 3.8) is 0 Å². The maximum absolute atomic E-state index is 12.9. The van der Waals surface area contributed by atoms with Gasteiger partial charge in [-0.05, 0) is 19.1 Å². The lowest BCUT2D eigenvalue weighted by atomic mass is 9.85. The van der Waals surface area contributed by atoms with Crippen LogP contribution in [0.3, 0.4) is 0 Å². The fourth-order valence-electron chi connectivity index (χ4n) is 4.19. The Morgan fingerprint density at radius 1 is 1.07 bits per heavy atom. The fourth-order valence-corrected chi connectivity index (χ4v) is 4.19. The SMILES string of the molecule is CCN1CC2(CC1=O)CN(C(=O)Nc1ccccc1)CCN(C(=O)C(C)C)C2. The molecule has 0 aliphatic carbocycles. The van der Waals surface area contributed by atoms with Gasteiger partial charge in [0, 0.05) is 62.7 Å². The molecule has 28 heavy (non-hydrogen) atoms. The average molecular weight is 386 g/mol. The van der Waals surface area contributed by atoms with Gasteiger partial charge in [0.25, 0.3) is 0 Å². The van der Waals surface area contributed by atoms with Crippen LogP contribution >= 0.6 is 0 Å². The van der Waals surface area contributed by atoms with Crippen LogP contribution in [-0.2, 0) is 9.59 Å². The first kappa shape index (κ1) is 20.2. The number of rotatable bonds is 3. The summed E-state index contributed by atoms with van der Waals surface area (Å²) in [5.41, 5.74) is 0.320. The Labute approximate surface area is 166 Å². The van der Waals surface area contributed by atoms with Gasteiger partial charge in [0.2, 0.25) is 11.8 Å². The third kappa shape index (κ3) is 4.29. The highest BCUT2D eigenvalue weighted by atomic mass is 16.2. The predicted molar refractivity (Wildman–Crippen MR) is 108 cm³/mol. The topological polar surface area (TPSA) is 73.0 Å². The standard InChI is InChI=1S/C21H30N4O3/c1-4-23-13-21(12-18(23)26)14-24(19(27)16(2)3)10-11-25(15-21)20(28)22-17-8-6-5-7-9-17/h5-9,16H,4,10-15H2,1-3H3,(H,22,28). The summed E-state index contributed by atoms with van der Waals surface area (Å²) in [5.74, 6) is 0.0676. The first-order valence-electron chi connectivity index (χ1n) is 10.0. The lowest BCUT2D eigenvalue weighted by Crippen LogP contribution is -2.46. The second-order valence-electron chi connectivity index (χ2n) is 8.22. The van der Waals surface area contributed by atoms with Crippen LogP contribution in [0.25, 0.3) is 0 Å². The Kier molecular flexibility index (Phi) is 5.91. The molecule has 0 bridgehead atoms. The van der Waals surface area contributed by atoms with Crippen molar-refractivity contribution >= 4 is 23.5 Å². The van der Waals surface area contributed by atoms with E-state index in [1.165, 1.54) is 0 Å². The highest BCUT2D eigenvalue weighted by Gasteiger charge is 2.47. The number of carbonyl (C=O) groups is 3. The maximum Gasteiger partial charge on any atom is 0.321 e. The third-order valence-electron chi connectivity index (χ3n) is 5.60. The summed E-state index contributed by atoms with van der Waals surface area (Å²) in [4.78, 5) is 43.5. The third-order valence-corrected chi connectivity index (χ3v) is 5.60. The quantitative estimate of drug-likeness (QED) is 0.866. The van der Waals surface area contributed by atoms with E-state index in [-0.39, 0.29) is 23.8 Å². The summed E-state index contributed by atoms with van der Waals surface area (Å²) < 4.78 is 0. The van der Waals surface area contributed by atoms with Crippen LogP contribution in [0.2, 0.25) is 0 Å². The molecule has 3 rings (SSSR count). The monoisotopic (exact) mass is 386 g/mol. The van der Waals surface area contributed by atoms with Crippen molar-refractivity contribution in [2.45, 2.75) is 27.2 Å². The van der Waals surface area contributed by atoms with E-state index in [2.05, 4.69) is 5.32 Å². The zero-order valence-corrected chi connectivity index (χ0v) is 17.0. The fraction of sp³-hybridized carbons (Fsp3) is 0.571. The van der Waals surface area contributed by atoms with Gasteiger partial charge in [-0.15, -0.1) is 0 Å². The number of carbonyl (C=O) groups excluding carboxylic acids is 3. The lowest BCUT2D eigenvalue weighted by Gasteiger charge is -2.34. The van der Waals surface area contributed by atoms with Crippen molar-refractivity contribution in [2.24, 2.45) is 11.3 Å². The van der Waals surface area contributed by atoms with Gasteiger partial charge >= 0.3 is 6.03 Å². The van der Waals surface area contributed by atoms with E-state index in [0.29, 0.717) is 45.7 Å². The highest BCUT2D eigenvalue weighted by Crippen LogP contribution is 2.35. The molecular weight excluding hydrogens is 356 g/mol. The number of nitrogens with one attached hydrogen (secondary N) is 1. The summed E-state index contributed by atoms with van der Waals surface area (Å²) in [6.45, 7) is 8.90. The van der Waals surface area contributed by atoms with Gasteiger partial charge in [-0.3, -0.25) is 9.59 Å². The molecule has 2 aliphatic rings. The summed E-state index contributed by atoms with van der Waals surface area (Å²) in [7, 11) is 0. The van der Waals surface area contributed by atoms with Gasteiger partial charge in [0.05, 0.1) is 0 Å². The van der Waals surface area contributed by atoms with E-state index in [0.717, 1.165) is 5.69 Å². The van der Waals surface area contributed by atoms with E-state index < -0.39 is 5.41 Å². The minimum atomic E-state index is -0.415. The van der Waals surface area contributed by atoms with E-state index >= 15 is 0 Å². The molecule has 0 saturated carbocycles. The Morgan fingerprint density at radius 2 is 1.71 bits per heavy atom. The van der Waals surface area contributed by atoms with Crippen molar-refractivity contribution in [3.8, 4) is 0 Å². The lowest BCUT2D eigenvalue weighted by molar-refractivity contribution is -0.135. The van der Waals surface area contributed by atoms with Crippen LogP contribution in [0.1, 0.15) is 27.2 Å². The molecule has 7 heteroatoms. The number of amides is 4. The molecular formula is C21H30N4O3. The number of urea groups is 1.